The molecule has 2 aromatic rings. The van der Waals surface area contributed by atoms with Gasteiger partial charge in [-0.25, -0.2) is 9.37 Å². The lowest BCUT2D eigenvalue weighted by Crippen LogP contribution is -2.56. The summed E-state index contributed by atoms with van der Waals surface area (Å²) in [5, 5.41) is 13.6. The van der Waals surface area contributed by atoms with E-state index in [1.54, 1.807) is 0 Å². The van der Waals surface area contributed by atoms with E-state index in [9.17, 15) is 27.5 Å². The van der Waals surface area contributed by atoms with Crippen molar-refractivity contribution < 1.29 is 32.2 Å². The van der Waals surface area contributed by atoms with Gasteiger partial charge in [0, 0.05) is 44.9 Å². The molecule has 2 aliphatic heterocycles. The van der Waals surface area contributed by atoms with Gasteiger partial charge in [-0.2, -0.15) is 18.2 Å². The summed E-state index contributed by atoms with van der Waals surface area (Å²) in [5.41, 5.74) is -2.37. The van der Waals surface area contributed by atoms with E-state index in [0.29, 0.717) is 19.2 Å². The van der Waals surface area contributed by atoms with Crippen LogP contribution in [0.1, 0.15) is 18.5 Å². The summed E-state index contributed by atoms with van der Waals surface area (Å²) < 4.78 is 59.1. The van der Waals surface area contributed by atoms with E-state index in [0.717, 1.165) is 6.07 Å². The molecule has 0 unspecified atom stereocenters. The Hall–Kier alpha value is -2.99. The number of aromatic nitrogens is 2. The summed E-state index contributed by atoms with van der Waals surface area (Å²) >= 11 is 0. The number of anilines is 1. The number of hydrogen-bond donors (Lipinski definition) is 2. The number of hydrogen-bond acceptors (Lipinski definition) is 7. The van der Waals surface area contributed by atoms with Crippen LogP contribution in [-0.4, -0.2) is 71.3 Å². The number of rotatable bonds is 6. The molecule has 3 heterocycles. The quantitative estimate of drug-likeness (QED) is 0.610. The Morgan fingerprint density at radius 1 is 1.24 bits per heavy atom. The molecule has 1 amide bonds. The van der Waals surface area contributed by atoms with Gasteiger partial charge in [-0.05, 0) is 32.0 Å². The van der Waals surface area contributed by atoms with Crippen molar-refractivity contribution in [2.45, 2.75) is 24.6 Å². The molecule has 4 rings (SSSR count). The fraction of sp³-hybridized carbons (Fsp3) is 0.500. The second-order valence-electron chi connectivity index (χ2n) is 8.80. The maximum atomic E-state index is 13.4. The predicted octanol–water partition coefficient (Wildman–Crippen LogP) is 2.44. The molecule has 0 aliphatic carbocycles. The normalized spacial score (nSPS) is 18.9. The Bertz CT molecular complexity index is 1040. The van der Waals surface area contributed by atoms with E-state index in [1.165, 1.54) is 23.1 Å². The maximum absolute atomic E-state index is 13.4. The summed E-state index contributed by atoms with van der Waals surface area (Å²) in [6.07, 6.45) is -4.33. The van der Waals surface area contributed by atoms with Gasteiger partial charge in [-0.1, -0.05) is 6.07 Å². The topological polar surface area (TPSA) is 90.8 Å². The van der Waals surface area contributed by atoms with Crippen molar-refractivity contribution in [2.75, 3.05) is 44.7 Å². The van der Waals surface area contributed by atoms with Crippen molar-refractivity contribution in [3.05, 3.63) is 41.8 Å². The van der Waals surface area contributed by atoms with Crippen LogP contribution < -0.4 is 15.0 Å². The molecule has 2 saturated heterocycles. The molecule has 1 aromatic heterocycles. The molecule has 8 nitrogen and oxygen atoms in total. The number of likely N-dealkylation sites (tertiary alicyclic amines) is 1. The highest BCUT2D eigenvalue weighted by atomic mass is 19.4. The lowest BCUT2D eigenvalue weighted by molar-refractivity contribution is -0.141. The minimum Gasteiger partial charge on any atom is -0.439 e. The lowest BCUT2D eigenvalue weighted by atomic mass is 9.91. The van der Waals surface area contributed by atoms with Gasteiger partial charge in [0.15, 0.2) is 5.69 Å². The first-order valence-electron chi connectivity index (χ1n) is 10.8. The number of carbonyl (C=O) groups excluding carboxylic acids is 1. The fourth-order valence-corrected chi connectivity index (χ4v) is 3.96. The first-order chi connectivity index (χ1) is 16.0. The standard InChI is InChI=1S/C22H25F4N5O3/c1-30-11-14(12-30)19(32)27-13-21(33)5-7-31(8-6-21)20-28-17(22(24,25)26)10-18(29-20)34-16-4-2-3-15(23)9-16/h2-4,9-10,14,33H,5-8,11-13H2,1H3,(H,27,32). The van der Waals surface area contributed by atoms with E-state index < -0.39 is 23.3 Å². The van der Waals surface area contributed by atoms with Crippen LogP contribution in [0, 0.1) is 11.7 Å². The summed E-state index contributed by atoms with van der Waals surface area (Å²) in [7, 11) is 1.91. The minimum absolute atomic E-state index is 0.000748. The van der Waals surface area contributed by atoms with Gasteiger partial charge in [-0.15, -0.1) is 0 Å². The third kappa shape index (κ3) is 5.73. The fourth-order valence-electron chi connectivity index (χ4n) is 3.96. The van der Waals surface area contributed by atoms with E-state index >= 15 is 0 Å². The van der Waals surface area contributed by atoms with Crippen molar-refractivity contribution in [3.8, 4) is 11.6 Å². The Morgan fingerprint density at radius 3 is 2.56 bits per heavy atom. The van der Waals surface area contributed by atoms with E-state index in [2.05, 4.69) is 15.3 Å². The second kappa shape index (κ2) is 9.34. The number of benzene rings is 1. The molecule has 184 valence electrons. The summed E-state index contributed by atoms with van der Waals surface area (Å²) in [6, 6.07) is 5.63. The average Bonchev–Trinajstić information content (AvgIpc) is 2.75. The van der Waals surface area contributed by atoms with Crippen LogP contribution in [0.5, 0.6) is 11.6 Å². The molecule has 0 bridgehead atoms. The number of halogens is 4. The largest absolute Gasteiger partial charge is 0.439 e. The summed E-state index contributed by atoms with van der Waals surface area (Å²) in [6.45, 7) is 1.77. The number of ether oxygens (including phenoxy) is 1. The molecule has 1 aromatic carbocycles. The van der Waals surface area contributed by atoms with Crippen LogP contribution >= 0.6 is 0 Å². The Kier molecular flexibility index (Phi) is 6.63. The molecule has 2 aliphatic rings. The molecule has 34 heavy (non-hydrogen) atoms. The molecule has 0 saturated carbocycles. The van der Waals surface area contributed by atoms with Gasteiger partial charge >= 0.3 is 6.18 Å². The van der Waals surface area contributed by atoms with E-state index in [4.69, 9.17) is 4.74 Å². The van der Waals surface area contributed by atoms with Crippen molar-refractivity contribution in [1.82, 2.24) is 20.2 Å². The number of nitrogens with one attached hydrogen (secondary N) is 1. The third-order valence-electron chi connectivity index (χ3n) is 6.00. The van der Waals surface area contributed by atoms with Crippen molar-refractivity contribution in [2.24, 2.45) is 5.92 Å². The Morgan fingerprint density at radius 2 is 1.94 bits per heavy atom. The van der Waals surface area contributed by atoms with E-state index in [-0.39, 0.29) is 61.9 Å². The maximum Gasteiger partial charge on any atom is 0.433 e. The average molecular weight is 483 g/mol. The number of carbonyl (C=O) groups is 1. The lowest BCUT2D eigenvalue weighted by Gasteiger charge is -2.39. The van der Waals surface area contributed by atoms with Crippen molar-refractivity contribution in [3.63, 3.8) is 0 Å². The highest BCUT2D eigenvalue weighted by molar-refractivity contribution is 5.80. The van der Waals surface area contributed by atoms with Gasteiger partial charge in [0.25, 0.3) is 0 Å². The van der Waals surface area contributed by atoms with Crippen molar-refractivity contribution in [1.29, 1.82) is 0 Å². The zero-order valence-electron chi connectivity index (χ0n) is 18.5. The molecule has 12 heteroatoms. The first kappa shape index (κ1) is 24.1. The van der Waals surface area contributed by atoms with Crippen LogP contribution in [0.4, 0.5) is 23.5 Å². The molecule has 2 N–H and O–H groups in total. The van der Waals surface area contributed by atoms with Gasteiger partial charge < -0.3 is 25.0 Å². The third-order valence-corrected chi connectivity index (χ3v) is 6.00. The highest BCUT2D eigenvalue weighted by Crippen LogP contribution is 2.33. The Balaban J connectivity index is 1.43. The smallest absolute Gasteiger partial charge is 0.433 e. The highest BCUT2D eigenvalue weighted by Gasteiger charge is 2.38. The van der Waals surface area contributed by atoms with Crippen molar-refractivity contribution >= 4 is 11.9 Å². The van der Waals surface area contributed by atoms with E-state index in [1.807, 2.05) is 11.9 Å². The minimum atomic E-state index is -4.74. The first-order valence-corrected chi connectivity index (χ1v) is 10.8. The number of piperidine rings is 1. The number of amides is 1. The van der Waals surface area contributed by atoms with Crippen LogP contribution in [0.3, 0.4) is 0 Å². The summed E-state index contributed by atoms with van der Waals surface area (Å²) in [5.74, 6) is -1.39. The molecule has 0 radical (unpaired) electrons. The molecular weight excluding hydrogens is 458 g/mol. The van der Waals surface area contributed by atoms with Crippen LogP contribution in [0.15, 0.2) is 30.3 Å². The van der Waals surface area contributed by atoms with Crippen LogP contribution in [0.25, 0.3) is 0 Å². The Labute approximate surface area is 193 Å². The number of alkyl halides is 3. The molecule has 0 atom stereocenters. The van der Waals surface area contributed by atoms with Gasteiger partial charge in [0.05, 0.1) is 11.5 Å². The van der Waals surface area contributed by atoms with Gasteiger partial charge in [0.2, 0.25) is 17.7 Å². The monoisotopic (exact) mass is 483 g/mol. The van der Waals surface area contributed by atoms with Gasteiger partial charge in [-0.3, -0.25) is 4.79 Å². The molecule has 2 fully saturated rings. The second-order valence-corrected chi connectivity index (χ2v) is 8.80. The zero-order chi connectivity index (χ0) is 24.5. The SMILES string of the molecule is CN1CC(C(=O)NCC2(O)CCN(c3nc(Oc4cccc(F)c4)cc(C(F)(F)F)n3)CC2)C1. The molecule has 0 spiro atoms. The molecular formula is C22H25F4N5O3. The predicted molar refractivity (Wildman–Crippen MR) is 114 cm³/mol. The van der Waals surface area contributed by atoms with Crippen LogP contribution in [-0.2, 0) is 11.0 Å². The zero-order valence-corrected chi connectivity index (χ0v) is 18.5. The van der Waals surface area contributed by atoms with Gasteiger partial charge in [0.1, 0.15) is 11.6 Å². The van der Waals surface area contributed by atoms with Crippen LogP contribution in [0.2, 0.25) is 0 Å². The summed E-state index contributed by atoms with van der Waals surface area (Å²) in [4.78, 5) is 23.4. The number of nitrogens with zero attached hydrogens (tertiary/aromatic N) is 4. The number of aliphatic hydroxyl groups is 1.